The minimum Gasteiger partial charge on any atom is -0.454 e. The van der Waals surface area contributed by atoms with E-state index in [0.717, 1.165) is 5.56 Å². The summed E-state index contributed by atoms with van der Waals surface area (Å²) in [5.74, 6) is -0.521. The van der Waals surface area contributed by atoms with Crippen LogP contribution in [0.25, 0.3) is 0 Å². The lowest BCUT2D eigenvalue weighted by Gasteiger charge is -2.45. The van der Waals surface area contributed by atoms with E-state index in [4.69, 9.17) is 9.47 Å². The maximum Gasteiger partial charge on any atom is 0.339 e. The van der Waals surface area contributed by atoms with Crippen LogP contribution in [0.1, 0.15) is 22.3 Å². The highest BCUT2D eigenvalue weighted by molar-refractivity contribution is 9.10. The van der Waals surface area contributed by atoms with E-state index in [1.807, 2.05) is 42.5 Å². The summed E-state index contributed by atoms with van der Waals surface area (Å²) in [5.41, 5.74) is 0.151. The van der Waals surface area contributed by atoms with E-state index in [0.29, 0.717) is 22.9 Å². The Labute approximate surface area is 183 Å². The van der Waals surface area contributed by atoms with Crippen molar-refractivity contribution in [2.24, 2.45) is 0 Å². The summed E-state index contributed by atoms with van der Waals surface area (Å²) in [6.45, 7) is 0. The minimum absolute atomic E-state index is 0.285. The van der Waals surface area contributed by atoms with Gasteiger partial charge in [0.25, 0.3) is 0 Å². The summed E-state index contributed by atoms with van der Waals surface area (Å²) in [6.07, 6.45) is 3.30. The van der Waals surface area contributed by atoms with Crippen LogP contribution >= 0.6 is 15.9 Å². The van der Waals surface area contributed by atoms with Crippen LogP contribution in [0.3, 0.4) is 0 Å². The van der Waals surface area contributed by atoms with Crippen LogP contribution in [0.15, 0.2) is 71.2 Å². The number of hydrogen-bond donors (Lipinski definition) is 1. The fraction of sp³-hybridized carbons (Fsp3) is 0.318. The second kappa shape index (κ2) is 7.30. The topological polar surface area (TPSA) is 81.7 Å². The molecule has 2 aromatic rings. The molecule has 0 saturated carbocycles. The number of carbonyl (C=O) groups is 1. The smallest absolute Gasteiger partial charge is 0.339 e. The van der Waals surface area contributed by atoms with E-state index in [1.165, 1.54) is 0 Å². The number of esters is 1. The lowest BCUT2D eigenvalue weighted by atomic mass is 9.83. The van der Waals surface area contributed by atoms with Gasteiger partial charge in [-0.15, -0.1) is 0 Å². The van der Waals surface area contributed by atoms with Gasteiger partial charge < -0.3 is 9.47 Å². The molecular weight excluding hydrogens is 470 g/mol. The number of carbonyl (C=O) groups excluding carboxylic acids is 1. The van der Waals surface area contributed by atoms with E-state index >= 15 is 0 Å². The van der Waals surface area contributed by atoms with Crippen LogP contribution in [-0.2, 0) is 25.9 Å². The zero-order valence-corrected chi connectivity index (χ0v) is 18.3. The average Bonchev–Trinajstić information content (AvgIpc) is 3.32. The van der Waals surface area contributed by atoms with Crippen molar-refractivity contribution in [1.82, 2.24) is 4.72 Å². The van der Waals surface area contributed by atoms with Gasteiger partial charge in [0.1, 0.15) is 10.9 Å². The van der Waals surface area contributed by atoms with Crippen LogP contribution in [0.2, 0.25) is 0 Å². The molecule has 3 aliphatic rings. The summed E-state index contributed by atoms with van der Waals surface area (Å²) >= 11 is 3.39. The van der Waals surface area contributed by atoms with E-state index in [-0.39, 0.29) is 6.10 Å². The molecule has 3 aliphatic heterocycles. The SMILES string of the molecule is O=C(OC1C(Cc2ccccc2)NS(=O)(=O)C2CC3C=C[C@]12O3)c1ccccc1Br. The molecule has 5 rings (SSSR count). The highest BCUT2D eigenvalue weighted by Crippen LogP contribution is 2.48. The summed E-state index contributed by atoms with van der Waals surface area (Å²) in [5, 5.41) is -0.788. The van der Waals surface area contributed by atoms with Crippen molar-refractivity contribution in [3.8, 4) is 0 Å². The quantitative estimate of drug-likeness (QED) is 0.527. The molecule has 0 amide bonds. The molecular formula is C22H20BrNO5S. The van der Waals surface area contributed by atoms with Crippen molar-refractivity contribution in [3.63, 3.8) is 0 Å². The first-order valence-corrected chi connectivity index (χ1v) is 12.1. The number of fused-ring (bicyclic) bond motifs is 1. The molecule has 2 bridgehead atoms. The fourth-order valence-corrected chi connectivity index (χ4v) is 7.12. The van der Waals surface area contributed by atoms with Gasteiger partial charge in [-0.05, 0) is 52.5 Å². The van der Waals surface area contributed by atoms with Gasteiger partial charge in [0.15, 0.2) is 6.10 Å². The molecule has 30 heavy (non-hydrogen) atoms. The molecule has 156 valence electrons. The second-order valence-electron chi connectivity index (χ2n) is 7.86. The van der Waals surface area contributed by atoms with E-state index < -0.39 is 39.0 Å². The number of ether oxygens (including phenoxy) is 2. The Bertz CT molecular complexity index is 1120. The Kier molecular flexibility index (Phi) is 4.85. The Morgan fingerprint density at radius 3 is 2.63 bits per heavy atom. The molecule has 3 heterocycles. The van der Waals surface area contributed by atoms with Gasteiger partial charge in [-0.25, -0.2) is 17.9 Å². The van der Waals surface area contributed by atoms with Gasteiger partial charge in [0, 0.05) is 4.47 Å². The number of rotatable bonds is 4. The van der Waals surface area contributed by atoms with Crippen LogP contribution < -0.4 is 4.72 Å². The number of hydrogen-bond acceptors (Lipinski definition) is 5. The lowest BCUT2D eigenvalue weighted by Crippen LogP contribution is -2.68. The van der Waals surface area contributed by atoms with Gasteiger partial charge in [0.05, 0.1) is 17.7 Å². The largest absolute Gasteiger partial charge is 0.454 e. The van der Waals surface area contributed by atoms with Crippen molar-refractivity contribution in [2.45, 2.75) is 41.9 Å². The minimum atomic E-state index is -3.64. The Balaban J connectivity index is 1.54. The molecule has 0 aromatic heterocycles. The molecule has 2 saturated heterocycles. The van der Waals surface area contributed by atoms with Gasteiger partial charge in [-0.2, -0.15) is 0 Å². The molecule has 0 aliphatic carbocycles. The molecule has 2 fully saturated rings. The van der Waals surface area contributed by atoms with Crippen LogP contribution in [0.4, 0.5) is 0 Å². The predicted octanol–water partition coefficient (Wildman–Crippen LogP) is 2.98. The van der Waals surface area contributed by atoms with E-state index in [2.05, 4.69) is 20.7 Å². The maximum absolute atomic E-state index is 13.0. The molecule has 6 nitrogen and oxygen atoms in total. The first kappa shape index (κ1) is 19.9. The Morgan fingerprint density at radius 1 is 1.17 bits per heavy atom. The fourth-order valence-electron chi connectivity index (χ4n) is 4.68. The Morgan fingerprint density at radius 2 is 1.90 bits per heavy atom. The highest BCUT2D eigenvalue weighted by Gasteiger charge is 2.66. The van der Waals surface area contributed by atoms with Crippen LogP contribution in [0.5, 0.6) is 0 Å². The van der Waals surface area contributed by atoms with Gasteiger partial charge in [-0.1, -0.05) is 48.5 Å². The van der Waals surface area contributed by atoms with Crippen molar-refractivity contribution in [2.75, 3.05) is 0 Å². The van der Waals surface area contributed by atoms with Crippen molar-refractivity contribution in [1.29, 1.82) is 0 Å². The Hall–Kier alpha value is -2.00. The number of nitrogens with one attached hydrogen (secondary N) is 1. The molecule has 0 radical (unpaired) electrons. The van der Waals surface area contributed by atoms with Crippen LogP contribution in [-0.4, -0.2) is 43.5 Å². The third kappa shape index (κ3) is 3.22. The zero-order chi connectivity index (χ0) is 20.9. The third-order valence-electron chi connectivity index (χ3n) is 6.00. The monoisotopic (exact) mass is 489 g/mol. The average molecular weight is 490 g/mol. The molecule has 5 atom stereocenters. The first-order chi connectivity index (χ1) is 14.4. The van der Waals surface area contributed by atoms with E-state index in [1.54, 1.807) is 24.3 Å². The van der Waals surface area contributed by atoms with E-state index in [9.17, 15) is 13.2 Å². The number of sulfonamides is 1. The van der Waals surface area contributed by atoms with Crippen molar-refractivity contribution >= 4 is 31.9 Å². The zero-order valence-electron chi connectivity index (χ0n) is 15.9. The third-order valence-corrected chi connectivity index (χ3v) is 8.64. The predicted molar refractivity (Wildman–Crippen MR) is 114 cm³/mol. The molecule has 2 aromatic carbocycles. The number of halogens is 1. The molecule has 4 unspecified atom stereocenters. The highest BCUT2D eigenvalue weighted by atomic mass is 79.9. The van der Waals surface area contributed by atoms with Gasteiger partial charge in [-0.3, -0.25) is 0 Å². The summed E-state index contributed by atoms with van der Waals surface area (Å²) < 4.78 is 41.6. The summed E-state index contributed by atoms with van der Waals surface area (Å²) in [7, 11) is -3.64. The normalized spacial score (nSPS) is 33.2. The lowest BCUT2D eigenvalue weighted by molar-refractivity contribution is -0.0867. The summed E-state index contributed by atoms with van der Waals surface area (Å²) in [4.78, 5) is 13.0. The van der Waals surface area contributed by atoms with Gasteiger partial charge >= 0.3 is 5.97 Å². The maximum atomic E-state index is 13.0. The standard InChI is InChI=1S/C22H20BrNO5S/c23-17-9-5-4-8-16(17)21(25)28-20-18(12-14-6-2-1-3-7-14)24-30(26,27)19-13-15-10-11-22(19,20)29-15/h1-11,15,18-20,24H,12-13H2/t15?,18?,19?,20?,22-/m1/s1. The summed E-state index contributed by atoms with van der Waals surface area (Å²) in [6, 6.07) is 15.9. The number of benzene rings is 2. The molecule has 1 spiro atoms. The first-order valence-electron chi connectivity index (χ1n) is 9.77. The molecule has 1 N–H and O–H groups in total. The van der Waals surface area contributed by atoms with Crippen molar-refractivity contribution in [3.05, 3.63) is 82.3 Å². The van der Waals surface area contributed by atoms with Crippen LogP contribution in [0, 0.1) is 0 Å². The van der Waals surface area contributed by atoms with Gasteiger partial charge in [0.2, 0.25) is 10.0 Å². The second-order valence-corrected chi connectivity index (χ2v) is 10.6. The van der Waals surface area contributed by atoms with Crippen molar-refractivity contribution < 1.29 is 22.7 Å². The molecule has 8 heteroatoms.